The summed E-state index contributed by atoms with van der Waals surface area (Å²) in [7, 11) is 1.67. The first-order valence-corrected chi connectivity index (χ1v) is 11.1. The summed E-state index contributed by atoms with van der Waals surface area (Å²) in [4.78, 5) is 34.8. The SMILES string of the molecule is Cc1ccc(N2CCN(C(=O)c3cc(N(C(N)=O)c4ccc(OC(F)(F)F)cc4)cn3C)CC2)nc1. The van der Waals surface area contributed by atoms with E-state index in [9.17, 15) is 22.8 Å². The predicted octanol–water partition coefficient (Wildman–Crippen LogP) is 3.81. The highest BCUT2D eigenvalue weighted by Crippen LogP contribution is 2.31. The number of aromatic nitrogens is 2. The second-order valence-corrected chi connectivity index (χ2v) is 8.38. The van der Waals surface area contributed by atoms with E-state index in [-0.39, 0.29) is 11.6 Å². The molecule has 3 heterocycles. The number of nitrogens with two attached hydrogens (primary N) is 1. The van der Waals surface area contributed by atoms with Gasteiger partial charge in [0.2, 0.25) is 0 Å². The minimum atomic E-state index is -4.83. The zero-order valence-electron chi connectivity index (χ0n) is 19.7. The first-order valence-electron chi connectivity index (χ1n) is 11.1. The number of benzene rings is 1. The first-order chi connectivity index (χ1) is 17.0. The highest BCUT2D eigenvalue weighted by molar-refractivity contribution is 6.01. The van der Waals surface area contributed by atoms with Crippen LogP contribution in [0, 0.1) is 6.92 Å². The van der Waals surface area contributed by atoms with Crippen molar-refractivity contribution >= 4 is 29.1 Å². The Morgan fingerprint density at radius 2 is 1.69 bits per heavy atom. The number of hydrogen-bond donors (Lipinski definition) is 1. The average molecular weight is 502 g/mol. The van der Waals surface area contributed by atoms with Crippen LogP contribution < -0.4 is 20.3 Å². The first kappa shape index (κ1) is 24.9. The van der Waals surface area contributed by atoms with E-state index in [1.165, 1.54) is 18.2 Å². The van der Waals surface area contributed by atoms with E-state index in [0.717, 1.165) is 28.4 Å². The molecule has 36 heavy (non-hydrogen) atoms. The van der Waals surface area contributed by atoms with E-state index in [0.29, 0.717) is 37.6 Å². The minimum absolute atomic E-state index is 0.210. The van der Waals surface area contributed by atoms with Crippen LogP contribution >= 0.6 is 0 Å². The number of amides is 3. The van der Waals surface area contributed by atoms with Gasteiger partial charge in [-0.15, -0.1) is 13.2 Å². The smallest absolute Gasteiger partial charge is 0.406 e. The normalized spacial score (nSPS) is 14.0. The molecule has 3 amide bonds. The molecule has 2 N–H and O–H groups in total. The Balaban J connectivity index is 1.48. The zero-order valence-corrected chi connectivity index (χ0v) is 19.7. The standard InChI is InChI=1S/C24H25F3N6O3/c1-16-3-8-21(29-14-16)31-9-11-32(12-10-31)22(34)20-13-18(15-30(20)2)33(23(28)35)17-4-6-19(7-5-17)36-24(25,26)27/h3-8,13-15H,9-12H2,1-2H3,(H2,28,35). The molecule has 9 nitrogen and oxygen atoms in total. The van der Waals surface area contributed by atoms with Crippen LogP contribution in [-0.4, -0.2) is 58.9 Å². The summed E-state index contributed by atoms with van der Waals surface area (Å²) in [5.41, 5.74) is 7.50. The lowest BCUT2D eigenvalue weighted by atomic mass is 10.2. The summed E-state index contributed by atoms with van der Waals surface area (Å²) in [5, 5.41) is 0. The Hall–Kier alpha value is -4.22. The number of carbonyl (C=O) groups is 2. The van der Waals surface area contributed by atoms with Crippen LogP contribution in [-0.2, 0) is 7.05 Å². The summed E-state index contributed by atoms with van der Waals surface area (Å²) in [6, 6.07) is 9.33. The third-order valence-electron chi connectivity index (χ3n) is 5.80. The van der Waals surface area contributed by atoms with Crippen LogP contribution in [0.4, 0.5) is 35.2 Å². The molecule has 0 bridgehead atoms. The van der Waals surface area contributed by atoms with Crippen LogP contribution in [0.1, 0.15) is 16.1 Å². The molecule has 0 radical (unpaired) electrons. The molecule has 4 rings (SSSR count). The second-order valence-electron chi connectivity index (χ2n) is 8.38. The molecule has 1 fully saturated rings. The van der Waals surface area contributed by atoms with Crippen LogP contribution in [0.25, 0.3) is 0 Å². The maximum Gasteiger partial charge on any atom is 0.573 e. The molecule has 1 saturated heterocycles. The number of rotatable bonds is 5. The summed E-state index contributed by atoms with van der Waals surface area (Å²) in [6.45, 7) is 4.21. The van der Waals surface area contributed by atoms with Crippen molar-refractivity contribution in [1.29, 1.82) is 0 Å². The molecule has 3 aromatic rings. The second kappa shape index (κ2) is 9.80. The van der Waals surface area contributed by atoms with E-state index in [1.54, 1.807) is 28.9 Å². The molecule has 12 heteroatoms. The number of hydrogen-bond acceptors (Lipinski definition) is 5. The lowest BCUT2D eigenvalue weighted by Crippen LogP contribution is -2.49. The third kappa shape index (κ3) is 5.53. The maximum absolute atomic E-state index is 13.2. The molecule has 0 atom stereocenters. The number of nitrogens with zero attached hydrogens (tertiary/aromatic N) is 5. The number of anilines is 3. The predicted molar refractivity (Wildman–Crippen MR) is 127 cm³/mol. The van der Waals surface area contributed by atoms with Gasteiger partial charge in [0.25, 0.3) is 5.91 Å². The third-order valence-corrected chi connectivity index (χ3v) is 5.80. The van der Waals surface area contributed by atoms with Gasteiger partial charge in [-0.05, 0) is 48.9 Å². The number of alkyl halides is 3. The molecule has 0 unspecified atom stereocenters. The molecule has 190 valence electrons. The fraction of sp³-hybridized carbons (Fsp3) is 0.292. The van der Waals surface area contributed by atoms with Crippen molar-refractivity contribution in [2.75, 3.05) is 36.0 Å². The van der Waals surface area contributed by atoms with Crippen LogP contribution in [0.3, 0.4) is 0 Å². The van der Waals surface area contributed by atoms with Crippen molar-refractivity contribution in [1.82, 2.24) is 14.5 Å². The number of ether oxygens (including phenoxy) is 1. The Morgan fingerprint density at radius 1 is 1.03 bits per heavy atom. The van der Waals surface area contributed by atoms with Crippen molar-refractivity contribution < 1.29 is 27.5 Å². The van der Waals surface area contributed by atoms with Gasteiger partial charge in [0.15, 0.2) is 0 Å². The van der Waals surface area contributed by atoms with E-state index < -0.39 is 18.1 Å². The summed E-state index contributed by atoms with van der Waals surface area (Å²) >= 11 is 0. The number of carbonyl (C=O) groups excluding carboxylic acids is 2. The topological polar surface area (TPSA) is 96.9 Å². The van der Waals surface area contributed by atoms with Crippen LogP contribution in [0.15, 0.2) is 54.9 Å². The molecular weight excluding hydrogens is 477 g/mol. The lowest BCUT2D eigenvalue weighted by Gasteiger charge is -2.35. The highest BCUT2D eigenvalue weighted by atomic mass is 19.4. The number of halogens is 3. The molecule has 1 aromatic carbocycles. The Labute approximate surface area is 205 Å². The van der Waals surface area contributed by atoms with E-state index in [4.69, 9.17) is 5.73 Å². The fourth-order valence-corrected chi connectivity index (χ4v) is 4.03. The summed E-state index contributed by atoms with van der Waals surface area (Å²) in [5.74, 6) is 0.218. The monoisotopic (exact) mass is 502 g/mol. The minimum Gasteiger partial charge on any atom is -0.406 e. The summed E-state index contributed by atoms with van der Waals surface area (Å²) in [6.07, 6.45) is -1.47. The van der Waals surface area contributed by atoms with E-state index in [2.05, 4.69) is 14.6 Å². The molecule has 0 aliphatic carbocycles. The molecule has 1 aliphatic rings. The molecule has 1 aliphatic heterocycles. The average Bonchev–Trinajstić information content (AvgIpc) is 3.20. The van der Waals surface area contributed by atoms with Crippen molar-refractivity contribution in [3.8, 4) is 5.75 Å². The van der Waals surface area contributed by atoms with Gasteiger partial charge in [0.1, 0.15) is 17.3 Å². The van der Waals surface area contributed by atoms with Gasteiger partial charge in [0.05, 0.1) is 11.4 Å². The van der Waals surface area contributed by atoms with Crippen LogP contribution in [0.2, 0.25) is 0 Å². The Morgan fingerprint density at radius 3 is 2.25 bits per heavy atom. The number of primary amides is 1. The number of aryl methyl sites for hydroxylation is 2. The molecule has 0 spiro atoms. The van der Waals surface area contributed by atoms with Gasteiger partial charge in [-0.25, -0.2) is 9.78 Å². The zero-order chi connectivity index (χ0) is 26.0. The van der Waals surface area contributed by atoms with Crippen molar-refractivity contribution in [3.63, 3.8) is 0 Å². The molecule has 0 saturated carbocycles. The van der Waals surface area contributed by atoms with Gasteiger partial charge < -0.3 is 24.8 Å². The maximum atomic E-state index is 13.2. The van der Waals surface area contributed by atoms with Gasteiger partial charge in [-0.1, -0.05) is 6.07 Å². The quantitative estimate of drug-likeness (QED) is 0.573. The van der Waals surface area contributed by atoms with Crippen molar-refractivity contribution in [2.24, 2.45) is 12.8 Å². The van der Waals surface area contributed by atoms with Crippen LogP contribution in [0.5, 0.6) is 5.75 Å². The molecule has 2 aromatic heterocycles. The number of pyridine rings is 1. The van der Waals surface area contributed by atoms with Crippen molar-refractivity contribution in [3.05, 3.63) is 66.1 Å². The van der Waals surface area contributed by atoms with Gasteiger partial charge in [0, 0.05) is 45.6 Å². The van der Waals surface area contributed by atoms with Gasteiger partial charge in [-0.2, -0.15) is 0 Å². The van der Waals surface area contributed by atoms with E-state index >= 15 is 0 Å². The van der Waals surface area contributed by atoms with E-state index in [1.807, 2.05) is 19.1 Å². The number of piperazine rings is 1. The van der Waals surface area contributed by atoms with Crippen molar-refractivity contribution in [2.45, 2.75) is 13.3 Å². The largest absolute Gasteiger partial charge is 0.573 e. The number of urea groups is 1. The van der Waals surface area contributed by atoms with Gasteiger partial charge >= 0.3 is 12.4 Å². The Kier molecular flexibility index (Phi) is 6.77. The highest BCUT2D eigenvalue weighted by Gasteiger charge is 2.31. The van der Waals surface area contributed by atoms with Gasteiger partial charge in [-0.3, -0.25) is 9.69 Å². The summed E-state index contributed by atoms with van der Waals surface area (Å²) < 4.78 is 42.8. The molecular formula is C24H25F3N6O3. The fourth-order valence-electron chi connectivity index (χ4n) is 4.03. The lowest BCUT2D eigenvalue weighted by molar-refractivity contribution is -0.274. The Bertz CT molecular complexity index is 1230.